The molecule has 5 nitrogen and oxygen atoms in total. The smallest absolute Gasteiger partial charge is 0.277 e. The first-order valence-corrected chi connectivity index (χ1v) is 6.27. The van der Waals surface area contributed by atoms with Gasteiger partial charge in [-0.25, -0.2) is 4.72 Å². The standard InChI is InChI=1S/C8H20N2O3S/c1-4-8(6-11)10-14(12,13)9-5-7(2)3/h7-11H,4-6H2,1-3H3/t8-/m0/s1. The van der Waals surface area contributed by atoms with Gasteiger partial charge in [0, 0.05) is 12.6 Å². The summed E-state index contributed by atoms with van der Waals surface area (Å²) in [6.07, 6.45) is 0.569. The van der Waals surface area contributed by atoms with Crippen molar-refractivity contribution in [1.82, 2.24) is 9.44 Å². The van der Waals surface area contributed by atoms with E-state index in [1.807, 2.05) is 20.8 Å². The van der Waals surface area contributed by atoms with E-state index in [2.05, 4.69) is 9.44 Å². The molecule has 0 saturated carbocycles. The molecule has 0 rings (SSSR count). The molecule has 0 unspecified atom stereocenters. The van der Waals surface area contributed by atoms with Crippen LogP contribution in [-0.4, -0.2) is 32.7 Å². The van der Waals surface area contributed by atoms with Crippen LogP contribution in [-0.2, 0) is 10.2 Å². The van der Waals surface area contributed by atoms with Gasteiger partial charge >= 0.3 is 0 Å². The van der Waals surface area contributed by atoms with Crippen LogP contribution in [0.4, 0.5) is 0 Å². The van der Waals surface area contributed by atoms with E-state index in [0.717, 1.165) is 0 Å². The molecule has 0 amide bonds. The third-order valence-corrected chi connectivity index (χ3v) is 2.91. The van der Waals surface area contributed by atoms with Gasteiger partial charge < -0.3 is 5.11 Å². The van der Waals surface area contributed by atoms with Crippen LogP contribution >= 0.6 is 0 Å². The second-order valence-electron chi connectivity index (χ2n) is 3.65. The Morgan fingerprint density at radius 3 is 2.29 bits per heavy atom. The Kier molecular flexibility index (Phi) is 6.26. The second kappa shape index (κ2) is 6.34. The molecule has 0 bridgehead atoms. The van der Waals surface area contributed by atoms with Crippen LogP contribution in [0.3, 0.4) is 0 Å². The summed E-state index contributed by atoms with van der Waals surface area (Å²) in [6.45, 7) is 5.87. The monoisotopic (exact) mass is 224 g/mol. The van der Waals surface area contributed by atoms with E-state index in [0.29, 0.717) is 13.0 Å². The molecule has 86 valence electrons. The molecule has 0 aromatic heterocycles. The third-order valence-electron chi connectivity index (χ3n) is 1.72. The number of aliphatic hydroxyl groups excluding tert-OH is 1. The van der Waals surface area contributed by atoms with Gasteiger partial charge in [0.25, 0.3) is 10.2 Å². The second-order valence-corrected chi connectivity index (χ2v) is 5.18. The Morgan fingerprint density at radius 1 is 1.36 bits per heavy atom. The van der Waals surface area contributed by atoms with Crippen molar-refractivity contribution in [2.45, 2.75) is 33.2 Å². The summed E-state index contributed by atoms with van der Waals surface area (Å²) in [5.74, 6) is 0.265. The number of aliphatic hydroxyl groups is 1. The zero-order chi connectivity index (χ0) is 11.2. The number of nitrogens with one attached hydrogen (secondary N) is 2. The highest BCUT2D eigenvalue weighted by molar-refractivity contribution is 7.87. The average molecular weight is 224 g/mol. The molecule has 0 saturated heterocycles. The normalized spacial score (nSPS) is 14.6. The first-order valence-electron chi connectivity index (χ1n) is 4.79. The Balaban J connectivity index is 4.06. The first kappa shape index (κ1) is 13.8. The van der Waals surface area contributed by atoms with Gasteiger partial charge in [-0.15, -0.1) is 0 Å². The zero-order valence-electron chi connectivity index (χ0n) is 8.95. The molecule has 0 aliphatic rings. The Labute approximate surface area is 86.1 Å². The summed E-state index contributed by atoms with van der Waals surface area (Å²) in [7, 11) is -3.46. The van der Waals surface area contributed by atoms with Crippen molar-refractivity contribution in [2.24, 2.45) is 5.92 Å². The third kappa shape index (κ3) is 6.31. The zero-order valence-corrected chi connectivity index (χ0v) is 9.76. The molecule has 0 radical (unpaired) electrons. The minimum Gasteiger partial charge on any atom is -0.395 e. The van der Waals surface area contributed by atoms with E-state index in [1.54, 1.807) is 0 Å². The van der Waals surface area contributed by atoms with Gasteiger partial charge in [-0.05, 0) is 12.3 Å². The van der Waals surface area contributed by atoms with Crippen LogP contribution in [0.5, 0.6) is 0 Å². The van der Waals surface area contributed by atoms with Crippen LogP contribution in [0.2, 0.25) is 0 Å². The summed E-state index contributed by atoms with van der Waals surface area (Å²) in [5.41, 5.74) is 0. The minimum absolute atomic E-state index is 0.181. The maximum atomic E-state index is 11.3. The molecule has 0 aliphatic heterocycles. The van der Waals surface area contributed by atoms with Gasteiger partial charge in [-0.2, -0.15) is 13.1 Å². The summed E-state index contributed by atoms with van der Waals surface area (Å²) < 4.78 is 27.4. The number of rotatable bonds is 7. The Morgan fingerprint density at radius 2 is 1.93 bits per heavy atom. The lowest BCUT2D eigenvalue weighted by atomic mass is 10.2. The minimum atomic E-state index is -3.46. The van der Waals surface area contributed by atoms with Gasteiger partial charge in [-0.3, -0.25) is 0 Å². The molecule has 6 heteroatoms. The average Bonchev–Trinajstić information content (AvgIpc) is 2.11. The molecule has 0 aliphatic carbocycles. The lowest BCUT2D eigenvalue weighted by molar-refractivity contribution is 0.253. The summed E-state index contributed by atoms with van der Waals surface area (Å²) >= 11 is 0. The Bertz CT molecular complexity index is 235. The van der Waals surface area contributed by atoms with Gasteiger partial charge in [0.1, 0.15) is 0 Å². The molecule has 0 aromatic carbocycles. The molecule has 14 heavy (non-hydrogen) atoms. The highest BCUT2D eigenvalue weighted by atomic mass is 32.2. The molecule has 1 atom stereocenters. The van der Waals surface area contributed by atoms with Gasteiger partial charge in [-0.1, -0.05) is 20.8 Å². The van der Waals surface area contributed by atoms with Crippen LogP contribution < -0.4 is 9.44 Å². The summed E-state index contributed by atoms with van der Waals surface area (Å²) in [4.78, 5) is 0. The highest BCUT2D eigenvalue weighted by Crippen LogP contribution is 1.93. The van der Waals surface area contributed by atoms with E-state index in [-0.39, 0.29) is 12.5 Å². The van der Waals surface area contributed by atoms with Crippen LogP contribution in [0, 0.1) is 5.92 Å². The lowest BCUT2D eigenvalue weighted by Crippen LogP contribution is -2.45. The van der Waals surface area contributed by atoms with E-state index in [1.165, 1.54) is 0 Å². The van der Waals surface area contributed by atoms with Crippen molar-refractivity contribution >= 4 is 10.2 Å². The maximum absolute atomic E-state index is 11.3. The van der Waals surface area contributed by atoms with Crippen molar-refractivity contribution in [3.63, 3.8) is 0 Å². The summed E-state index contributed by atoms with van der Waals surface area (Å²) in [6, 6.07) is -0.403. The maximum Gasteiger partial charge on any atom is 0.277 e. The fourth-order valence-corrected chi connectivity index (χ4v) is 2.10. The van der Waals surface area contributed by atoms with Gasteiger partial charge in [0.05, 0.1) is 6.61 Å². The lowest BCUT2D eigenvalue weighted by Gasteiger charge is -2.15. The fourth-order valence-electron chi connectivity index (χ4n) is 0.787. The van der Waals surface area contributed by atoms with Crippen molar-refractivity contribution < 1.29 is 13.5 Å². The largest absolute Gasteiger partial charge is 0.395 e. The van der Waals surface area contributed by atoms with Crippen LogP contribution in [0.25, 0.3) is 0 Å². The molecule has 3 N–H and O–H groups in total. The van der Waals surface area contributed by atoms with E-state index < -0.39 is 16.3 Å². The first-order chi connectivity index (χ1) is 6.41. The quantitative estimate of drug-likeness (QED) is 0.562. The van der Waals surface area contributed by atoms with E-state index in [4.69, 9.17) is 5.11 Å². The molecule has 0 fully saturated rings. The molecular weight excluding hydrogens is 204 g/mol. The van der Waals surface area contributed by atoms with Gasteiger partial charge in [0.15, 0.2) is 0 Å². The molecular formula is C8H20N2O3S. The number of hydrogen-bond acceptors (Lipinski definition) is 3. The van der Waals surface area contributed by atoms with E-state index >= 15 is 0 Å². The SMILES string of the molecule is CC[C@@H](CO)NS(=O)(=O)NCC(C)C. The fraction of sp³-hybridized carbons (Fsp3) is 1.00. The predicted octanol–water partition coefficient (Wildman–Crippen LogP) is -0.163. The van der Waals surface area contributed by atoms with Crippen molar-refractivity contribution in [1.29, 1.82) is 0 Å². The Hall–Kier alpha value is -0.170. The van der Waals surface area contributed by atoms with E-state index in [9.17, 15) is 8.42 Å². The van der Waals surface area contributed by atoms with Crippen LogP contribution in [0.15, 0.2) is 0 Å². The van der Waals surface area contributed by atoms with Crippen molar-refractivity contribution in [3.05, 3.63) is 0 Å². The summed E-state index contributed by atoms with van der Waals surface area (Å²) in [5, 5.41) is 8.81. The van der Waals surface area contributed by atoms with Crippen LogP contribution in [0.1, 0.15) is 27.2 Å². The molecule has 0 heterocycles. The van der Waals surface area contributed by atoms with Gasteiger partial charge in [0.2, 0.25) is 0 Å². The number of hydrogen-bond donors (Lipinski definition) is 3. The topological polar surface area (TPSA) is 78.4 Å². The highest BCUT2D eigenvalue weighted by Gasteiger charge is 2.15. The molecule has 0 aromatic rings. The van der Waals surface area contributed by atoms with Crippen molar-refractivity contribution in [2.75, 3.05) is 13.2 Å². The van der Waals surface area contributed by atoms with Crippen molar-refractivity contribution in [3.8, 4) is 0 Å². The molecule has 0 spiro atoms. The predicted molar refractivity (Wildman–Crippen MR) is 56.1 cm³/mol.